The number of aromatic nitrogens is 3. The van der Waals surface area contributed by atoms with Gasteiger partial charge in [-0.2, -0.15) is 0 Å². The first-order valence-corrected chi connectivity index (χ1v) is 17.5. The van der Waals surface area contributed by atoms with Crippen LogP contribution in [0.25, 0.3) is 0 Å². The summed E-state index contributed by atoms with van der Waals surface area (Å²) in [6.07, 6.45) is 13.7. The number of aliphatic hydroxyl groups excluding tert-OH is 6. The van der Waals surface area contributed by atoms with E-state index < -0.39 is 55.6 Å². The Labute approximate surface area is 265 Å². The molecule has 1 fully saturated rings. The molecule has 0 aliphatic carbocycles. The van der Waals surface area contributed by atoms with Gasteiger partial charge < -0.3 is 40.1 Å². The number of hydrogen-bond donors (Lipinski definition) is 6. The Hall–Kier alpha value is -1.18. The molecule has 0 saturated carbocycles. The minimum atomic E-state index is -1.57. The molecule has 8 atom stereocenters. The van der Waals surface area contributed by atoms with Gasteiger partial charge in [-0.1, -0.05) is 122 Å². The van der Waals surface area contributed by atoms with Crippen molar-refractivity contribution in [2.75, 3.05) is 13.2 Å². The van der Waals surface area contributed by atoms with Crippen LogP contribution in [-0.4, -0.2) is 102 Å². The van der Waals surface area contributed by atoms with E-state index >= 15 is 0 Å². The summed E-state index contributed by atoms with van der Waals surface area (Å²) in [4.78, 5) is 0. The molecule has 1 aliphatic heterocycles. The van der Waals surface area contributed by atoms with E-state index in [1.807, 2.05) is 0 Å². The van der Waals surface area contributed by atoms with Crippen molar-refractivity contribution >= 4 is 0 Å². The molecular weight excluding hydrogens is 566 g/mol. The van der Waals surface area contributed by atoms with Crippen molar-refractivity contribution in [3.63, 3.8) is 0 Å². The summed E-state index contributed by atoms with van der Waals surface area (Å²) >= 11 is 0. The van der Waals surface area contributed by atoms with Gasteiger partial charge in [0, 0.05) is 6.20 Å². The number of nitrogens with zero attached hydrogens (tertiary/aromatic N) is 3. The molecule has 1 aromatic heterocycles. The van der Waals surface area contributed by atoms with Crippen molar-refractivity contribution in [3.8, 4) is 0 Å². The van der Waals surface area contributed by atoms with Crippen LogP contribution >= 0.6 is 0 Å². The van der Waals surface area contributed by atoms with Gasteiger partial charge in [0.05, 0.1) is 25.0 Å². The minimum Gasteiger partial charge on any atom is -0.394 e. The third kappa shape index (κ3) is 14.1. The predicted molar refractivity (Wildman–Crippen MR) is 169 cm³/mol. The molecule has 44 heavy (non-hydrogen) atoms. The fraction of sp³-hybridized carbons (Fsp3) is 0.939. The van der Waals surface area contributed by atoms with E-state index in [2.05, 4.69) is 24.2 Å². The first-order valence-electron chi connectivity index (χ1n) is 17.5. The van der Waals surface area contributed by atoms with Crippen LogP contribution in [0.15, 0.2) is 6.20 Å². The van der Waals surface area contributed by atoms with Crippen LogP contribution in [0.2, 0.25) is 0 Å². The molecule has 0 radical (unpaired) electrons. The molecule has 258 valence electrons. The van der Waals surface area contributed by atoms with E-state index in [0.717, 1.165) is 44.2 Å². The van der Waals surface area contributed by atoms with E-state index in [1.54, 1.807) is 6.20 Å². The standard InChI is InChI=1S/C33H63N3O8/c1-3-5-7-9-10-11-12-13-14-15-17-19-21-27(38)29(39)26(36-22-25(34-35-36)20-18-16-8-6-4-2)24-43-33-32(42)31(41)30(40)28(23-37)44-33/h22,26-33,37-42H,3-21,23-24H2,1-2H3/t26-,27+,28?,29-,30-,31-,32+,33-/m0/s1. The summed E-state index contributed by atoms with van der Waals surface area (Å²) in [6.45, 7) is 3.64. The average Bonchev–Trinajstić information content (AvgIpc) is 3.49. The Kier molecular flexibility index (Phi) is 20.6. The lowest BCUT2D eigenvalue weighted by atomic mass is 9.98. The van der Waals surface area contributed by atoms with Crippen molar-refractivity contribution in [2.45, 2.75) is 185 Å². The first kappa shape index (κ1) is 39.0. The van der Waals surface area contributed by atoms with E-state index in [9.17, 15) is 30.6 Å². The molecule has 11 heteroatoms. The highest BCUT2D eigenvalue weighted by molar-refractivity contribution is 4.96. The zero-order valence-corrected chi connectivity index (χ0v) is 27.4. The van der Waals surface area contributed by atoms with E-state index in [1.165, 1.54) is 81.7 Å². The minimum absolute atomic E-state index is 0.210. The molecule has 1 unspecified atom stereocenters. The lowest BCUT2D eigenvalue weighted by molar-refractivity contribution is -0.304. The summed E-state index contributed by atoms with van der Waals surface area (Å²) in [5, 5.41) is 70.8. The van der Waals surface area contributed by atoms with Crippen LogP contribution in [0.5, 0.6) is 0 Å². The van der Waals surface area contributed by atoms with E-state index in [4.69, 9.17) is 9.47 Å². The van der Waals surface area contributed by atoms with Gasteiger partial charge in [0.25, 0.3) is 0 Å². The lowest BCUT2D eigenvalue weighted by Gasteiger charge is -2.40. The smallest absolute Gasteiger partial charge is 0.186 e. The highest BCUT2D eigenvalue weighted by atomic mass is 16.7. The number of aryl methyl sites for hydroxylation is 1. The zero-order valence-electron chi connectivity index (χ0n) is 27.4. The third-order valence-corrected chi connectivity index (χ3v) is 8.86. The topological polar surface area (TPSA) is 171 Å². The van der Waals surface area contributed by atoms with Crippen molar-refractivity contribution in [2.24, 2.45) is 0 Å². The van der Waals surface area contributed by atoms with E-state index in [0.29, 0.717) is 6.42 Å². The Morgan fingerprint density at radius 3 is 1.89 bits per heavy atom. The number of hydrogen-bond acceptors (Lipinski definition) is 10. The van der Waals surface area contributed by atoms with Crippen LogP contribution < -0.4 is 0 Å². The lowest BCUT2D eigenvalue weighted by Crippen LogP contribution is -2.59. The van der Waals surface area contributed by atoms with Crippen molar-refractivity contribution in [3.05, 3.63) is 11.9 Å². The third-order valence-electron chi connectivity index (χ3n) is 8.86. The Morgan fingerprint density at radius 2 is 1.32 bits per heavy atom. The second kappa shape index (κ2) is 23.2. The molecule has 0 aromatic carbocycles. The fourth-order valence-corrected chi connectivity index (χ4v) is 5.85. The maximum absolute atomic E-state index is 11.2. The molecule has 1 aromatic rings. The van der Waals surface area contributed by atoms with Gasteiger partial charge in [0.1, 0.15) is 36.6 Å². The zero-order chi connectivity index (χ0) is 32.2. The molecule has 0 amide bonds. The average molecular weight is 630 g/mol. The van der Waals surface area contributed by atoms with Crippen molar-refractivity contribution in [1.29, 1.82) is 0 Å². The summed E-state index contributed by atoms with van der Waals surface area (Å²) < 4.78 is 12.7. The van der Waals surface area contributed by atoms with Gasteiger partial charge in [-0.15, -0.1) is 5.10 Å². The van der Waals surface area contributed by atoms with Gasteiger partial charge in [-0.3, -0.25) is 0 Å². The molecule has 6 N–H and O–H groups in total. The summed E-state index contributed by atoms with van der Waals surface area (Å²) in [7, 11) is 0. The molecular formula is C33H63N3O8. The van der Waals surface area contributed by atoms with Crippen molar-refractivity contribution < 1.29 is 40.1 Å². The fourth-order valence-electron chi connectivity index (χ4n) is 5.85. The number of ether oxygens (including phenoxy) is 2. The summed E-state index contributed by atoms with van der Waals surface area (Å²) in [6, 6.07) is -0.837. The predicted octanol–water partition coefficient (Wildman–Crippen LogP) is 3.96. The molecule has 2 rings (SSSR count). The second-order valence-corrected chi connectivity index (χ2v) is 12.7. The highest BCUT2D eigenvalue weighted by Crippen LogP contribution is 2.25. The summed E-state index contributed by atoms with van der Waals surface area (Å²) in [5.74, 6) is 0. The van der Waals surface area contributed by atoms with Gasteiger partial charge in [0.2, 0.25) is 0 Å². The quantitative estimate of drug-likeness (QED) is 0.0825. The summed E-state index contributed by atoms with van der Waals surface area (Å²) in [5.41, 5.74) is 0.780. The largest absolute Gasteiger partial charge is 0.394 e. The molecule has 0 spiro atoms. The molecule has 1 aliphatic rings. The Balaban J connectivity index is 1.88. The van der Waals surface area contributed by atoms with Crippen molar-refractivity contribution in [1.82, 2.24) is 15.0 Å². The second-order valence-electron chi connectivity index (χ2n) is 12.7. The number of unbranched alkanes of at least 4 members (excludes halogenated alkanes) is 15. The maximum atomic E-state index is 11.2. The van der Waals surface area contributed by atoms with E-state index in [-0.39, 0.29) is 6.61 Å². The normalized spacial score (nSPS) is 24.4. The first-order chi connectivity index (χ1) is 21.3. The highest BCUT2D eigenvalue weighted by Gasteiger charge is 2.44. The van der Waals surface area contributed by atoms with Gasteiger partial charge in [-0.05, 0) is 19.3 Å². The molecule has 11 nitrogen and oxygen atoms in total. The number of rotatable bonds is 26. The van der Waals surface area contributed by atoms with Crippen LogP contribution in [0.1, 0.15) is 141 Å². The Morgan fingerprint density at radius 1 is 0.773 bits per heavy atom. The SMILES string of the molecule is CCCCCCCCCCCCCC[C@@H](O)[C@@H](O)[C@H](CO[C@H]1OC(CO)[C@H](O)[C@H](O)[C@H]1O)n1cc(CCCCCCC)nn1. The Bertz CT molecular complexity index is 829. The van der Waals surface area contributed by atoms with Crippen LogP contribution in [0.3, 0.4) is 0 Å². The van der Waals surface area contributed by atoms with Gasteiger partial charge in [-0.25, -0.2) is 4.68 Å². The monoisotopic (exact) mass is 629 g/mol. The van der Waals surface area contributed by atoms with Crippen LogP contribution in [0, 0.1) is 0 Å². The van der Waals surface area contributed by atoms with Gasteiger partial charge >= 0.3 is 0 Å². The molecule has 1 saturated heterocycles. The molecule has 2 heterocycles. The maximum Gasteiger partial charge on any atom is 0.186 e. The van der Waals surface area contributed by atoms with Crippen LogP contribution in [0.4, 0.5) is 0 Å². The van der Waals surface area contributed by atoms with Crippen LogP contribution in [-0.2, 0) is 15.9 Å². The number of aliphatic hydroxyl groups is 6. The van der Waals surface area contributed by atoms with Gasteiger partial charge in [0.15, 0.2) is 6.29 Å². The molecule has 0 bridgehead atoms.